The Kier molecular flexibility index (Phi) is 6.56. The maximum absolute atomic E-state index is 5.14. The van der Waals surface area contributed by atoms with E-state index < -0.39 is 0 Å². The molecule has 0 bridgehead atoms. The van der Waals surface area contributed by atoms with Gasteiger partial charge in [0.05, 0.1) is 16.7 Å². The normalized spacial score (nSPS) is 13.1. The van der Waals surface area contributed by atoms with Gasteiger partial charge in [0.15, 0.2) is 17.5 Å². The number of nitrogens with zero attached hydrogens (tertiary/aromatic N) is 4. The van der Waals surface area contributed by atoms with Gasteiger partial charge in [-0.3, -0.25) is 0 Å². The van der Waals surface area contributed by atoms with Gasteiger partial charge in [-0.1, -0.05) is 166 Å². The van der Waals surface area contributed by atoms with Crippen LogP contribution in [0.25, 0.3) is 94.3 Å². The number of aromatic nitrogens is 4. The van der Waals surface area contributed by atoms with Crippen molar-refractivity contribution in [3.8, 4) is 51.0 Å². The largest absolute Gasteiger partial charge is 0.308 e. The van der Waals surface area contributed by atoms with Crippen molar-refractivity contribution in [2.45, 2.75) is 19.3 Å². The van der Waals surface area contributed by atoms with Gasteiger partial charge < -0.3 is 4.57 Å². The van der Waals surface area contributed by atoms with Crippen LogP contribution in [0.1, 0.15) is 25.0 Å². The van der Waals surface area contributed by atoms with E-state index in [9.17, 15) is 0 Å². The quantitative estimate of drug-likeness (QED) is 0.185. The molecule has 4 heteroatoms. The summed E-state index contributed by atoms with van der Waals surface area (Å²) in [4.78, 5) is 15.2. The van der Waals surface area contributed by atoms with E-state index in [2.05, 4.69) is 152 Å². The van der Waals surface area contributed by atoms with E-state index in [-0.39, 0.29) is 5.41 Å². The summed E-state index contributed by atoms with van der Waals surface area (Å²) in [7, 11) is 0. The first-order valence-corrected chi connectivity index (χ1v) is 18.6. The first-order valence-electron chi connectivity index (χ1n) is 18.6. The lowest BCUT2D eigenvalue weighted by molar-refractivity contribution is 0.664. The van der Waals surface area contributed by atoms with Gasteiger partial charge in [0, 0.05) is 38.3 Å². The van der Waals surface area contributed by atoms with Crippen molar-refractivity contribution < 1.29 is 0 Å². The molecule has 0 fully saturated rings. The minimum absolute atomic E-state index is 0.220. The first kappa shape index (κ1) is 30.7. The summed E-state index contributed by atoms with van der Waals surface area (Å²) >= 11 is 0. The number of benzene rings is 8. The Hall–Kier alpha value is -6.91. The predicted molar refractivity (Wildman–Crippen MR) is 223 cm³/mol. The summed E-state index contributed by atoms with van der Waals surface area (Å²) in [5.74, 6) is 1.95. The molecule has 254 valence electrons. The monoisotopic (exact) mass is 690 g/mol. The highest BCUT2D eigenvalue weighted by atomic mass is 15.0. The highest BCUT2D eigenvalue weighted by Gasteiger charge is 2.40. The van der Waals surface area contributed by atoms with Crippen LogP contribution in [0.2, 0.25) is 0 Å². The summed E-state index contributed by atoms with van der Waals surface area (Å²) < 4.78 is 2.54. The minimum atomic E-state index is -0.220. The lowest BCUT2D eigenvalue weighted by Crippen LogP contribution is -2.16. The van der Waals surface area contributed by atoms with Gasteiger partial charge in [-0.25, -0.2) is 15.0 Å². The maximum Gasteiger partial charge on any atom is 0.164 e. The van der Waals surface area contributed by atoms with Gasteiger partial charge in [0.1, 0.15) is 0 Å². The van der Waals surface area contributed by atoms with Crippen molar-refractivity contribution in [3.63, 3.8) is 0 Å². The molecular formula is C50H34N4. The molecule has 0 spiro atoms. The third-order valence-corrected chi connectivity index (χ3v) is 11.4. The second-order valence-electron chi connectivity index (χ2n) is 14.8. The van der Waals surface area contributed by atoms with E-state index >= 15 is 0 Å². The molecular weight excluding hydrogens is 657 g/mol. The van der Waals surface area contributed by atoms with Crippen molar-refractivity contribution in [3.05, 3.63) is 181 Å². The lowest BCUT2D eigenvalue weighted by Gasteiger charge is -2.25. The smallest absolute Gasteiger partial charge is 0.164 e. The Morgan fingerprint density at radius 3 is 1.67 bits per heavy atom. The van der Waals surface area contributed by atoms with Crippen molar-refractivity contribution in [2.24, 2.45) is 0 Å². The van der Waals surface area contributed by atoms with Crippen molar-refractivity contribution in [1.82, 2.24) is 19.5 Å². The average molecular weight is 691 g/mol. The predicted octanol–water partition coefficient (Wildman–Crippen LogP) is 12.6. The molecule has 10 aromatic rings. The molecule has 2 aromatic heterocycles. The van der Waals surface area contributed by atoms with Crippen LogP contribution in [-0.4, -0.2) is 19.5 Å². The Morgan fingerprint density at radius 1 is 0.426 bits per heavy atom. The maximum atomic E-state index is 5.14. The van der Waals surface area contributed by atoms with E-state index in [1.54, 1.807) is 0 Å². The second-order valence-corrected chi connectivity index (χ2v) is 14.8. The number of para-hydroxylation sites is 1. The Balaban J connectivity index is 1.24. The molecule has 1 aliphatic carbocycles. The molecule has 2 heterocycles. The first-order chi connectivity index (χ1) is 26.6. The Labute approximate surface area is 313 Å². The average Bonchev–Trinajstić information content (AvgIpc) is 3.70. The highest BCUT2D eigenvalue weighted by Crippen LogP contribution is 2.56. The molecule has 0 unspecified atom stereocenters. The van der Waals surface area contributed by atoms with Crippen LogP contribution in [0.15, 0.2) is 170 Å². The van der Waals surface area contributed by atoms with E-state index in [1.807, 2.05) is 36.4 Å². The van der Waals surface area contributed by atoms with Crippen LogP contribution in [0.3, 0.4) is 0 Å². The van der Waals surface area contributed by atoms with Crippen LogP contribution in [0.5, 0.6) is 0 Å². The van der Waals surface area contributed by atoms with E-state index in [4.69, 9.17) is 15.0 Å². The van der Waals surface area contributed by atoms with Crippen LogP contribution in [0, 0.1) is 0 Å². The highest BCUT2D eigenvalue weighted by molar-refractivity contribution is 6.27. The van der Waals surface area contributed by atoms with Crippen LogP contribution in [0.4, 0.5) is 0 Å². The molecule has 0 saturated carbocycles. The van der Waals surface area contributed by atoms with Crippen LogP contribution in [-0.2, 0) is 5.41 Å². The standard InChI is InChI=1S/C50H34N4/c1-50(2)40-27-15-13-25-38(40)43-35-23-11-12-24-36(35)44-39-26-14-16-28-41(39)54(46(44)45(43)50)42-30-29-37(33-21-9-10-22-34(33)42)49-52-47(31-17-5-3-6-18-31)51-48(53-49)32-19-7-4-8-20-32/h3-30H,1-2H3. The van der Waals surface area contributed by atoms with Gasteiger partial charge in [-0.2, -0.15) is 0 Å². The van der Waals surface area contributed by atoms with Gasteiger partial charge in [0.25, 0.3) is 0 Å². The number of hydrogen-bond acceptors (Lipinski definition) is 3. The summed E-state index contributed by atoms with van der Waals surface area (Å²) in [6.07, 6.45) is 0. The third-order valence-electron chi connectivity index (χ3n) is 11.4. The zero-order chi connectivity index (χ0) is 36.0. The van der Waals surface area contributed by atoms with Gasteiger partial charge >= 0.3 is 0 Å². The summed E-state index contributed by atoms with van der Waals surface area (Å²) in [6, 6.07) is 60.4. The molecule has 11 rings (SSSR count). The summed E-state index contributed by atoms with van der Waals surface area (Å²) in [6.45, 7) is 4.79. The van der Waals surface area contributed by atoms with Crippen molar-refractivity contribution in [2.75, 3.05) is 0 Å². The van der Waals surface area contributed by atoms with Crippen molar-refractivity contribution in [1.29, 1.82) is 0 Å². The third kappa shape index (κ3) is 4.34. The van der Waals surface area contributed by atoms with E-state index in [0.29, 0.717) is 17.5 Å². The van der Waals surface area contributed by atoms with Crippen molar-refractivity contribution >= 4 is 43.4 Å². The molecule has 1 aliphatic rings. The number of fused-ring (bicyclic) bond motifs is 11. The zero-order valence-corrected chi connectivity index (χ0v) is 30.0. The summed E-state index contributed by atoms with van der Waals surface area (Å²) in [5, 5.41) is 7.36. The minimum Gasteiger partial charge on any atom is -0.308 e. The lowest BCUT2D eigenvalue weighted by atomic mass is 9.80. The molecule has 54 heavy (non-hydrogen) atoms. The zero-order valence-electron chi connectivity index (χ0n) is 30.0. The second kappa shape index (κ2) is 11.5. The Bertz CT molecular complexity index is 3060. The molecule has 0 atom stereocenters. The van der Waals surface area contributed by atoms with E-state index in [1.165, 1.54) is 54.8 Å². The molecule has 8 aromatic carbocycles. The van der Waals surface area contributed by atoms with Crippen LogP contribution < -0.4 is 0 Å². The van der Waals surface area contributed by atoms with Gasteiger partial charge in [-0.05, 0) is 56.6 Å². The van der Waals surface area contributed by atoms with Crippen LogP contribution >= 0.6 is 0 Å². The molecule has 0 N–H and O–H groups in total. The molecule has 4 nitrogen and oxygen atoms in total. The van der Waals surface area contributed by atoms with Gasteiger partial charge in [-0.15, -0.1) is 0 Å². The number of hydrogen-bond donors (Lipinski definition) is 0. The number of rotatable bonds is 4. The fraction of sp³-hybridized carbons (Fsp3) is 0.0600. The summed E-state index contributed by atoms with van der Waals surface area (Å²) in [5.41, 5.74) is 11.6. The topological polar surface area (TPSA) is 43.6 Å². The SMILES string of the molecule is CC1(C)c2ccccc2-c2c1c1c(c3ccccc23)c2ccccc2n1-c1ccc(-c2nc(-c3ccccc3)nc(-c3ccccc3)n2)c2ccccc12. The fourth-order valence-corrected chi connectivity index (χ4v) is 9.04. The molecule has 0 aliphatic heterocycles. The van der Waals surface area contributed by atoms with E-state index in [0.717, 1.165) is 33.2 Å². The Morgan fingerprint density at radius 2 is 0.963 bits per heavy atom. The molecule has 0 radical (unpaired) electrons. The molecule has 0 saturated heterocycles. The molecule has 0 amide bonds. The fourth-order valence-electron chi connectivity index (χ4n) is 9.04. The van der Waals surface area contributed by atoms with Gasteiger partial charge in [0.2, 0.25) is 0 Å².